The van der Waals surface area contributed by atoms with E-state index in [-0.39, 0.29) is 5.02 Å². The number of ether oxygens (including phenoxy) is 1. The summed E-state index contributed by atoms with van der Waals surface area (Å²) < 4.78 is 5.77. The van der Waals surface area contributed by atoms with Crippen molar-refractivity contribution in [3.63, 3.8) is 0 Å². The first-order valence-corrected chi connectivity index (χ1v) is 9.34. The molecule has 0 atom stereocenters. The molecule has 6 heteroatoms. The van der Waals surface area contributed by atoms with Gasteiger partial charge in [0.2, 0.25) is 0 Å². The van der Waals surface area contributed by atoms with E-state index in [0.717, 1.165) is 16.9 Å². The molecule has 1 N–H and O–H groups in total. The number of aryl methyl sites for hydroxylation is 1. The summed E-state index contributed by atoms with van der Waals surface area (Å²) in [5.74, 6) is 0.352. The lowest BCUT2D eigenvalue weighted by Crippen LogP contribution is -2.18. The summed E-state index contributed by atoms with van der Waals surface area (Å²) in [6.45, 7) is 2.56. The van der Waals surface area contributed by atoms with Crippen LogP contribution in [0, 0.1) is 6.92 Å². The van der Waals surface area contributed by atoms with Gasteiger partial charge in [0, 0.05) is 5.02 Å². The molecule has 0 unspecified atom stereocenters. The molecule has 0 aliphatic rings. The Balaban J connectivity index is 1.53. The van der Waals surface area contributed by atoms with Crippen molar-refractivity contribution in [2.75, 3.05) is 0 Å². The van der Waals surface area contributed by atoms with Crippen LogP contribution in [0.25, 0.3) is 0 Å². The van der Waals surface area contributed by atoms with Gasteiger partial charge < -0.3 is 4.74 Å². The molecule has 0 aliphatic carbocycles. The number of amides is 1. The molecular formula is C22H18Cl2N2O2. The summed E-state index contributed by atoms with van der Waals surface area (Å²) in [5.41, 5.74) is 5.91. The molecule has 0 heterocycles. The normalized spacial score (nSPS) is 10.8. The van der Waals surface area contributed by atoms with Gasteiger partial charge in [0.1, 0.15) is 12.4 Å². The van der Waals surface area contributed by atoms with Gasteiger partial charge in [-0.3, -0.25) is 4.79 Å². The molecule has 0 radical (unpaired) electrons. The third-order valence-electron chi connectivity index (χ3n) is 3.96. The van der Waals surface area contributed by atoms with Gasteiger partial charge in [-0.1, -0.05) is 53.0 Å². The van der Waals surface area contributed by atoms with E-state index < -0.39 is 5.91 Å². The zero-order valence-corrected chi connectivity index (χ0v) is 16.7. The summed E-state index contributed by atoms with van der Waals surface area (Å²) in [6.07, 6.45) is 1.55. The van der Waals surface area contributed by atoms with E-state index >= 15 is 0 Å². The lowest BCUT2D eigenvalue weighted by atomic mass is 10.2. The van der Waals surface area contributed by atoms with Crippen molar-refractivity contribution in [3.8, 4) is 5.75 Å². The molecule has 0 saturated heterocycles. The summed E-state index contributed by atoms with van der Waals surface area (Å²) in [6, 6.07) is 20.3. The van der Waals surface area contributed by atoms with E-state index in [0.29, 0.717) is 17.2 Å². The number of carbonyl (C=O) groups is 1. The molecule has 4 nitrogen and oxygen atoms in total. The minimum atomic E-state index is -0.407. The largest absolute Gasteiger partial charge is 0.489 e. The molecule has 1 amide bonds. The predicted octanol–water partition coefficient (Wildman–Crippen LogP) is 5.64. The molecular weight excluding hydrogens is 395 g/mol. The molecule has 0 saturated carbocycles. The fraction of sp³-hybridized carbons (Fsp3) is 0.0909. The number of hydrogen-bond donors (Lipinski definition) is 1. The fourth-order valence-electron chi connectivity index (χ4n) is 2.40. The fourth-order valence-corrected chi connectivity index (χ4v) is 2.89. The molecule has 3 aromatic rings. The molecule has 3 aromatic carbocycles. The van der Waals surface area contributed by atoms with Gasteiger partial charge in [0.05, 0.1) is 16.8 Å². The quantitative estimate of drug-likeness (QED) is 0.420. The monoisotopic (exact) mass is 412 g/mol. The van der Waals surface area contributed by atoms with Gasteiger partial charge in [-0.25, -0.2) is 5.43 Å². The first-order chi connectivity index (χ1) is 13.5. The Bertz CT molecular complexity index is 984. The Morgan fingerprint density at radius 3 is 2.43 bits per heavy atom. The minimum Gasteiger partial charge on any atom is -0.489 e. The number of nitrogens with one attached hydrogen (secondary N) is 1. The van der Waals surface area contributed by atoms with E-state index in [4.69, 9.17) is 27.9 Å². The molecule has 142 valence electrons. The average Bonchev–Trinajstić information content (AvgIpc) is 2.68. The molecule has 0 bridgehead atoms. The molecule has 0 fully saturated rings. The highest BCUT2D eigenvalue weighted by atomic mass is 35.5. The van der Waals surface area contributed by atoms with Crippen LogP contribution in [0.3, 0.4) is 0 Å². The van der Waals surface area contributed by atoms with Crippen LogP contribution >= 0.6 is 23.2 Å². The highest BCUT2D eigenvalue weighted by Crippen LogP contribution is 2.20. The van der Waals surface area contributed by atoms with Gasteiger partial charge >= 0.3 is 0 Å². The molecule has 3 rings (SSSR count). The molecule has 0 aliphatic heterocycles. The first-order valence-electron chi connectivity index (χ1n) is 8.58. The van der Waals surface area contributed by atoms with Gasteiger partial charge in [-0.2, -0.15) is 5.10 Å². The van der Waals surface area contributed by atoms with Crippen LogP contribution in [-0.4, -0.2) is 12.1 Å². The standard InChI is InChI=1S/C22H18Cl2N2O2/c1-15-2-4-17(5-3-15)14-28-19-9-6-16(7-10-19)13-25-26-22(27)20-11-8-18(23)12-21(20)24/h2-13H,14H2,1H3,(H,26,27)/b25-13+. The van der Waals surface area contributed by atoms with Crippen LogP contribution < -0.4 is 10.2 Å². The highest BCUT2D eigenvalue weighted by molar-refractivity contribution is 6.36. The van der Waals surface area contributed by atoms with E-state index in [1.807, 2.05) is 36.4 Å². The predicted molar refractivity (Wildman–Crippen MR) is 113 cm³/mol. The van der Waals surface area contributed by atoms with Crippen molar-refractivity contribution < 1.29 is 9.53 Å². The van der Waals surface area contributed by atoms with Crippen molar-refractivity contribution >= 4 is 35.3 Å². The topological polar surface area (TPSA) is 50.7 Å². The maximum Gasteiger partial charge on any atom is 0.272 e. The Morgan fingerprint density at radius 1 is 1.04 bits per heavy atom. The summed E-state index contributed by atoms with van der Waals surface area (Å²) in [4.78, 5) is 12.1. The molecule has 0 spiro atoms. The number of hydrazone groups is 1. The molecule has 28 heavy (non-hydrogen) atoms. The van der Waals surface area contributed by atoms with Gasteiger partial charge in [-0.05, 0) is 60.5 Å². The Morgan fingerprint density at radius 2 is 1.75 bits per heavy atom. The number of nitrogens with zero attached hydrogens (tertiary/aromatic N) is 1. The van der Waals surface area contributed by atoms with Crippen LogP contribution in [0.15, 0.2) is 71.8 Å². The third kappa shape index (κ3) is 5.59. The van der Waals surface area contributed by atoms with E-state index in [1.54, 1.807) is 18.3 Å². The van der Waals surface area contributed by atoms with Crippen molar-refractivity contribution in [1.29, 1.82) is 0 Å². The minimum absolute atomic E-state index is 0.273. The van der Waals surface area contributed by atoms with Gasteiger partial charge in [0.25, 0.3) is 5.91 Å². The molecule has 0 aromatic heterocycles. The number of hydrogen-bond acceptors (Lipinski definition) is 3. The number of rotatable bonds is 6. The second-order valence-electron chi connectivity index (χ2n) is 6.17. The van der Waals surface area contributed by atoms with Crippen molar-refractivity contribution in [2.24, 2.45) is 5.10 Å². The van der Waals surface area contributed by atoms with Crippen LogP contribution in [0.5, 0.6) is 5.75 Å². The zero-order chi connectivity index (χ0) is 19.9. The Kier molecular flexibility index (Phi) is 6.69. The zero-order valence-electron chi connectivity index (χ0n) is 15.2. The van der Waals surface area contributed by atoms with Crippen LogP contribution in [0.2, 0.25) is 10.0 Å². The Labute approximate surface area is 173 Å². The second kappa shape index (κ2) is 9.40. The smallest absolute Gasteiger partial charge is 0.272 e. The third-order valence-corrected chi connectivity index (χ3v) is 4.51. The maximum absolute atomic E-state index is 12.1. The van der Waals surface area contributed by atoms with Crippen molar-refractivity contribution in [1.82, 2.24) is 5.43 Å². The van der Waals surface area contributed by atoms with Gasteiger partial charge in [0.15, 0.2) is 0 Å². The van der Waals surface area contributed by atoms with E-state index in [1.165, 1.54) is 11.6 Å². The van der Waals surface area contributed by atoms with E-state index in [9.17, 15) is 4.79 Å². The van der Waals surface area contributed by atoms with Crippen molar-refractivity contribution in [3.05, 3.63) is 99.0 Å². The lowest BCUT2D eigenvalue weighted by Gasteiger charge is -2.07. The van der Waals surface area contributed by atoms with Crippen LogP contribution in [-0.2, 0) is 6.61 Å². The second-order valence-corrected chi connectivity index (χ2v) is 7.01. The van der Waals surface area contributed by atoms with Crippen LogP contribution in [0.1, 0.15) is 27.0 Å². The average molecular weight is 413 g/mol. The number of halogens is 2. The Hall–Kier alpha value is -2.82. The summed E-state index contributed by atoms with van der Waals surface area (Å²) in [7, 11) is 0. The SMILES string of the molecule is Cc1ccc(COc2ccc(/C=N/NC(=O)c3ccc(Cl)cc3Cl)cc2)cc1. The summed E-state index contributed by atoms with van der Waals surface area (Å²) >= 11 is 11.8. The first kappa shape index (κ1) is 19.9. The van der Waals surface area contributed by atoms with Gasteiger partial charge in [-0.15, -0.1) is 0 Å². The maximum atomic E-state index is 12.1. The number of benzene rings is 3. The lowest BCUT2D eigenvalue weighted by molar-refractivity contribution is 0.0955. The highest BCUT2D eigenvalue weighted by Gasteiger charge is 2.09. The summed E-state index contributed by atoms with van der Waals surface area (Å²) in [5, 5.41) is 4.70. The van der Waals surface area contributed by atoms with E-state index in [2.05, 4.69) is 29.6 Å². The van der Waals surface area contributed by atoms with Crippen molar-refractivity contribution in [2.45, 2.75) is 13.5 Å². The number of carbonyl (C=O) groups excluding carboxylic acids is 1. The van der Waals surface area contributed by atoms with Crippen LogP contribution in [0.4, 0.5) is 0 Å².